The highest BCUT2D eigenvalue weighted by Gasteiger charge is 2.57. The Kier molecular flexibility index (Phi) is 3.21. The summed E-state index contributed by atoms with van der Waals surface area (Å²) < 4.78 is 5.52. The second kappa shape index (κ2) is 5.18. The van der Waals surface area contributed by atoms with Gasteiger partial charge >= 0.3 is 0 Å². The van der Waals surface area contributed by atoms with Crippen LogP contribution in [-0.2, 0) is 11.6 Å². The molecule has 0 fully saturated rings. The van der Waals surface area contributed by atoms with Gasteiger partial charge in [-0.25, -0.2) is 0 Å². The molecule has 3 N–H and O–H groups in total. The average Bonchev–Trinajstić information content (AvgIpc) is 2.89. The molecule has 3 aromatic carbocycles. The number of hydrogen-bond donors (Lipinski definition) is 3. The van der Waals surface area contributed by atoms with Crippen LogP contribution < -0.4 is 4.74 Å². The molecule has 0 spiro atoms. The molecule has 1 atom stereocenters. The van der Waals surface area contributed by atoms with Crippen LogP contribution in [0.4, 0.5) is 0 Å². The average molecular weight is 320 g/mol. The van der Waals surface area contributed by atoms with Gasteiger partial charge in [-0.1, -0.05) is 66.7 Å². The summed E-state index contributed by atoms with van der Waals surface area (Å²) in [4.78, 5) is 0. The van der Waals surface area contributed by atoms with E-state index in [0.29, 0.717) is 16.9 Å². The Labute approximate surface area is 139 Å². The van der Waals surface area contributed by atoms with Crippen molar-refractivity contribution in [3.05, 3.63) is 90.0 Å². The van der Waals surface area contributed by atoms with Crippen LogP contribution >= 0.6 is 0 Å². The van der Waals surface area contributed by atoms with Gasteiger partial charge in [0.1, 0.15) is 5.75 Å². The van der Waals surface area contributed by atoms with Gasteiger partial charge in [0, 0.05) is 11.1 Å². The zero-order valence-corrected chi connectivity index (χ0v) is 12.8. The van der Waals surface area contributed by atoms with Crippen molar-refractivity contribution in [2.45, 2.75) is 11.6 Å². The zero-order valence-electron chi connectivity index (χ0n) is 12.8. The van der Waals surface area contributed by atoms with Crippen molar-refractivity contribution in [1.29, 1.82) is 0 Å². The first-order valence-electron chi connectivity index (χ1n) is 7.64. The molecular weight excluding hydrogens is 304 g/mol. The maximum atomic E-state index is 11.1. The zero-order chi connectivity index (χ0) is 16.8. The smallest absolute Gasteiger partial charge is 0.294 e. The van der Waals surface area contributed by atoms with E-state index < -0.39 is 11.6 Å². The van der Waals surface area contributed by atoms with Gasteiger partial charge in [0.05, 0.1) is 0 Å². The highest BCUT2D eigenvalue weighted by molar-refractivity contribution is 5.71. The molecule has 4 nitrogen and oxygen atoms in total. The minimum Gasteiger partial charge on any atom is -0.452 e. The highest BCUT2D eigenvalue weighted by atomic mass is 16.7. The number of ether oxygens (including phenoxy) is 1. The van der Waals surface area contributed by atoms with Gasteiger partial charge < -0.3 is 20.1 Å². The van der Waals surface area contributed by atoms with Gasteiger partial charge in [0.25, 0.3) is 11.6 Å². The lowest BCUT2D eigenvalue weighted by molar-refractivity contribution is -0.358. The maximum absolute atomic E-state index is 11.1. The van der Waals surface area contributed by atoms with Crippen LogP contribution in [0, 0.1) is 0 Å². The molecule has 1 unspecified atom stereocenters. The number of hydrogen-bond acceptors (Lipinski definition) is 4. The van der Waals surface area contributed by atoms with E-state index in [1.807, 2.05) is 30.3 Å². The van der Waals surface area contributed by atoms with Crippen molar-refractivity contribution in [2.75, 3.05) is 0 Å². The fraction of sp³-hybridized carbons (Fsp3) is 0.100. The second-order valence-corrected chi connectivity index (χ2v) is 5.86. The Bertz CT molecular complexity index is 875. The quantitative estimate of drug-likeness (QED) is 0.649. The Morgan fingerprint density at radius 2 is 1.42 bits per heavy atom. The molecule has 4 rings (SSSR count). The van der Waals surface area contributed by atoms with Crippen LogP contribution in [0.15, 0.2) is 78.9 Å². The molecule has 3 aromatic rings. The first kappa shape index (κ1) is 14.9. The summed E-state index contributed by atoms with van der Waals surface area (Å²) in [6, 6.07) is 22.7. The summed E-state index contributed by atoms with van der Waals surface area (Å²) in [6.45, 7) is 0. The van der Waals surface area contributed by atoms with Crippen LogP contribution in [0.2, 0.25) is 0 Å². The minimum absolute atomic E-state index is 0.147. The van der Waals surface area contributed by atoms with E-state index >= 15 is 0 Å². The molecule has 1 aliphatic rings. The van der Waals surface area contributed by atoms with E-state index in [0.717, 1.165) is 5.56 Å². The third-order valence-corrected chi connectivity index (χ3v) is 4.36. The molecule has 2 bridgehead atoms. The third kappa shape index (κ3) is 2.05. The molecule has 24 heavy (non-hydrogen) atoms. The van der Waals surface area contributed by atoms with Gasteiger partial charge in [0.15, 0.2) is 0 Å². The highest BCUT2D eigenvalue weighted by Crippen LogP contribution is 2.49. The first-order valence-corrected chi connectivity index (χ1v) is 7.64. The first-order chi connectivity index (χ1) is 11.5. The topological polar surface area (TPSA) is 69.9 Å². The normalized spacial score (nSPS) is 19.1. The van der Waals surface area contributed by atoms with Crippen molar-refractivity contribution in [3.63, 3.8) is 0 Å². The number of benzene rings is 3. The molecule has 1 heterocycles. The van der Waals surface area contributed by atoms with Gasteiger partial charge in [-0.05, 0) is 23.3 Å². The SMILES string of the molecule is OC(O)(c1ccccc1)C1(O)Oc2ccc(-c3ccccc3)c1c2. The summed E-state index contributed by atoms with van der Waals surface area (Å²) in [5.74, 6) is -4.51. The maximum Gasteiger partial charge on any atom is 0.294 e. The Morgan fingerprint density at radius 1 is 0.792 bits per heavy atom. The molecule has 120 valence electrons. The van der Waals surface area contributed by atoms with E-state index in [9.17, 15) is 15.3 Å². The minimum atomic E-state index is -2.60. The van der Waals surface area contributed by atoms with E-state index in [-0.39, 0.29) is 5.56 Å². The third-order valence-electron chi connectivity index (χ3n) is 4.36. The molecule has 0 amide bonds. The molecule has 0 radical (unpaired) electrons. The Morgan fingerprint density at radius 3 is 2.08 bits per heavy atom. The Balaban J connectivity index is 1.88. The summed E-state index contributed by atoms with van der Waals surface area (Å²) >= 11 is 0. The number of aliphatic hydroxyl groups is 3. The van der Waals surface area contributed by atoms with Crippen molar-refractivity contribution in [2.24, 2.45) is 0 Å². The van der Waals surface area contributed by atoms with E-state index in [1.54, 1.807) is 36.4 Å². The number of rotatable bonds is 3. The molecule has 0 saturated carbocycles. The molecule has 0 aromatic heterocycles. The fourth-order valence-corrected chi connectivity index (χ4v) is 3.09. The monoisotopic (exact) mass is 320 g/mol. The summed E-state index contributed by atoms with van der Waals surface area (Å²) in [7, 11) is 0. The predicted molar refractivity (Wildman–Crippen MR) is 89.0 cm³/mol. The van der Waals surface area contributed by atoms with Crippen molar-refractivity contribution in [3.8, 4) is 16.9 Å². The van der Waals surface area contributed by atoms with Crippen LogP contribution in [0.3, 0.4) is 0 Å². The van der Waals surface area contributed by atoms with Crippen molar-refractivity contribution in [1.82, 2.24) is 0 Å². The van der Waals surface area contributed by atoms with E-state index in [1.165, 1.54) is 12.1 Å². The van der Waals surface area contributed by atoms with Crippen LogP contribution in [0.25, 0.3) is 11.1 Å². The van der Waals surface area contributed by atoms with Gasteiger partial charge in [0.2, 0.25) is 0 Å². The largest absolute Gasteiger partial charge is 0.452 e. The molecule has 4 heteroatoms. The Hall–Kier alpha value is -2.66. The lowest BCUT2D eigenvalue weighted by atomic mass is 9.87. The van der Waals surface area contributed by atoms with Gasteiger partial charge in [-0.15, -0.1) is 0 Å². The molecule has 0 saturated heterocycles. The summed E-state index contributed by atoms with van der Waals surface area (Å²) in [5, 5.41) is 32.6. The molecule has 0 aliphatic carbocycles. The molecule has 1 aliphatic heterocycles. The van der Waals surface area contributed by atoms with Gasteiger partial charge in [-0.3, -0.25) is 0 Å². The number of fused-ring (bicyclic) bond motifs is 2. The fourth-order valence-electron chi connectivity index (χ4n) is 3.09. The standard InChI is InChI=1S/C20H16O4/c21-19(22,15-9-5-2-6-10-15)20(23)18-13-16(24-20)11-12-17(18)14-7-3-1-4-8-14/h1-13,21-23H. The lowest BCUT2D eigenvalue weighted by Gasteiger charge is -2.36. The van der Waals surface area contributed by atoms with E-state index in [2.05, 4.69) is 0 Å². The van der Waals surface area contributed by atoms with Crippen LogP contribution in [-0.4, -0.2) is 15.3 Å². The van der Waals surface area contributed by atoms with Crippen LogP contribution in [0.1, 0.15) is 11.1 Å². The van der Waals surface area contributed by atoms with E-state index in [4.69, 9.17) is 4.74 Å². The van der Waals surface area contributed by atoms with Gasteiger partial charge in [-0.2, -0.15) is 0 Å². The predicted octanol–water partition coefficient (Wildman–Crippen LogP) is 2.73. The van der Waals surface area contributed by atoms with Crippen molar-refractivity contribution < 1.29 is 20.1 Å². The van der Waals surface area contributed by atoms with Crippen LogP contribution in [0.5, 0.6) is 5.75 Å². The molecular formula is C20H16O4. The lowest BCUT2D eigenvalue weighted by Crippen LogP contribution is -2.52. The second-order valence-electron chi connectivity index (χ2n) is 5.86. The summed E-state index contributed by atoms with van der Waals surface area (Å²) in [6.07, 6.45) is 0. The summed E-state index contributed by atoms with van der Waals surface area (Å²) in [5.41, 5.74) is 2.00. The van der Waals surface area contributed by atoms with Crippen molar-refractivity contribution >= 4 is 0 Å².